The Hall–Kier alpha value is -3.50. The van der Waals surface area contributed by atoms with Gasteiger partial charge in [-0.1, -0.05) is 12.1 Å². The number of Topliss-reactive ketones (excluding diaryl/α,β-unsaturated/α-hetero) is 2. The van der Waals surface area contributed by atoms with Gasteiger partial charge in [0.2, 0.25) is 24.4 Å². The minimum atomic E-state index is -5.55. The quantitative estimate of drug-likeness (QED) is 0.168. The summed E-state index contributed by atoms with van der Waals surface area (Å²) in [6, 6.07) is 1.40. The van der Waals surface area contributed by atoms with Crippen molar-refractivity contribution in [2.75, 3.05) is 0 Å². The Bertz CT molecular complexity index is 1070. The first-order chi connectivity index (χ1) is 20.7. The molecule has 22 heteroatoms. The number of alkyl halides is 12. The topological polar surface area (TPSA) is 168 Å². The summed E-state index contributed by atoms with van der Waals surface area (Å²) in [5.74, 6) is -8.41. The number of benzene rings is 1. The molecule has 0 aliphatic carbocycles. The van der Waals surface area contributed by atoms with Gasteiger partial charge in [-0.05, 0) is 35.1 Å². The fourth-order valence-corrected chi connectivity index (χ4v) is 3.40. The standard InChI is InChI=1S/C24H22F12O10/c25-21(26,27)15(39)13(37)3-1-9-5-11(7-45-19(43)17(41)23(31,32)33)12(8-46-20(44)18(42)24(34,35)36)6-10(9)2-4-14(38)16(40)22(28,29)30/h5-6,15-18,39-42H,1-4,7-8H2/t15-,16-,17-,18-/m0/s1. The lowest BCUT2D eigenvalue weighted by atomic mass is 9.91. The molecule has 10 nitrogen and oxygen atoms in total. The van der Waals surface area contributed by atoms with Gasteiger partial charge in [-0.2, -0.15) is 52.7 Å². The number of aliphatic hydroxyl groups excluding tert-OH is 4. The van der Waals surface area contributed by atoms with E-state index in [1.54, 1.807) is 0 Å². The van der Waals surface area contributed by atoms with Crippen LogP contribution in [-0.4, -0.2) is 93.1 Å². The first-order valence-electron chi connectivity index (χ1n) is 12.2. The number of aryl methyl sites for hydroxylation is 2. The van der Waals surface area contributed by atoms with Crippen molar-refractivity contribution in [3.05, 3.63) is 34.4 Å². The molecule has 0 unspecified atom stereocenters. The maximum Gasteiger partial charge on any atom is 0.425 e. The second-order valence-electron chi connectivity index (χ2n) is 9.31. The molecule has 1 aromatic carbocycles. The molecular formula is C24H22F12O10. The predicted molar refractivity (Wildman–Crippen MR) is 121 cm³/mol. The molecule has 0 fully saturated rings. The predicted octanol–water partition coefficient (Wildman–Crippen LogP) is 2.47. The number of aliphatic hydroxyl groups is 4. The van der Waals surface area contributed by atoms with Crippen molar-refractivity contribution in [2.45, 2.75) is 88.0 Å². The Morgan fingerprint density at radius 2 is 0.761 bits per heavy atom. The zero-order chi connectivity index (χ0) is 36.0. The van der Waals surface area contributed by atoms with Crippen LogP contribution in [0.15, 0.2) is 12.1 Å². The van der Waals surface area contributed by atoms with Gasteiger partial charge in [0.1, 0.15) is 13.2 Å². The zero-order valence-corrected chi connectivity index (χ0v) is 22.5. The van der Waals surface area contributed by atoms with Crippen LogP contribution in [0.4, 0.5) is 52.7 Å². The summed E-state index contributed by atoms with van der Waals surface area (Å²) in [5.41, 5.74) is -2.02. The van der Waals surface area contributed by atoms with Crippen LogP contribution in [0.5, 0.6) is 0 Å². The van der Waals surface area contributed by atoms with Gasteiger partial charge in [0, 0.05) is 12.8 Å². The molecule has 0 amide bonds. The molecule has 0 bridgehead atoms. The molecule has 0 radical (unpaired) electrons. The third-order valence-electron chi connectivity index (χ3n) is 5.84. The molecule has 0 aromatic heterocycles. The van der Waals surface area contributed by atoms with Crippen LogP contribution in [0, 0.1) is 0 Å². The molecule has 46 heavy (non-hydrogen) atoms. The van der Waals surface area contributed by atoms with Gasteiger partial charge in [-0.15, -0.1) is 0 Å². The summed E-state index contributed by atoms with van der Waals surface area (Å²) in [6.45, 7) is -2.67. The van der Waals surface area contributed by atoms with E-state index in [9.17, 15) is 71.9 Å². The molecule has 0 aliphatic rings. The van der Waals surface area contributed by atoms with E-state index in [0.717, 1.165) is 0 Å². The highest BCUT2D eigenvalue weighted by Crippen LogP contribution is 2.28. The third-order valence-corrected chi connectivity index (χ3v) is 5.84. The Labute approximate surface area is 248 Å². The number of hydrogen-bond acceptors (Lipinski definition) is 10. The molecule has 1 rings (SSSR count). The van der Waals surface area contributed by atoms with Crippen LogP contribution < -0.4 is 0 Å². The van der Waals surface area contributed by atoms with Crippen molar-refractivity contribution < 1.29 is 102 Å². The molecule has 0 saturated heterocycles. The molecule has 0 spiro atoms. The van der Waals surface area contributed by atoms with Crippen molar-refractivity contribution in [3.63, 3.8) is 0 Å². The van der Waals surface area contributed by atoms with E-state index in [1.807, 2.05) is 0 Å². The molecule has 0 saturated carbocycles. The minimum Gasteiger partial charge on any atom is -0.459 e. The Kier molecular flexibility index (Phi) is 13.6. The summed E-state index contributed by atoms with van der Waals surface area (Å²) in [7, 11) is 0. The number of esters is 2. The molecule has 1 aromatic rings. The fourth-order valence-electron chi connectivity index (χ4n) is 3.40. The van der Waals surface area contributed by atoms with E-state index in [4.69, 9.17) is 20.4 Å². The molecule has 4 atom stereocenters. The lowest BCUT2D eigenvalue weighted by Gasteiger charge is -2.20. The first kappa shape index (κ1) is 40.5. The number of carbonyl (C=O) groups is 4. The van der Waals surface area contributed by atoms with Crippen molar-refractivity contribution >= 4 is 23.5 Å². The number of hydrogen-bond donors (Lipinski definition) is 4. The molecular weight excluding hydrogens is 676 g/mol. The van der Waals surface area contributed by atoms with Crippen molar-refractivity contribution in [3.8, 4) is 0 Å². The summed E-state index contributed by atoms with van der Waals surface area (Å²) >= 11 is 0. The zero-order valence-electron chi connectivity index (χ0n) is 22.5. The van der Waals surface area contributed by atoms with E-state index in [2.05, 4.69) is 9.47 Å². The maximum atomic E-state index is 12.7. The average molecular weight is 698 g/mol. The van der Waals surface area contributed by atoms with Gasteiger partial charge < -0.3 is 29.9 Å². The Morgan fingerprint density at radius 1 is 0.500 bits per heavy atom. The van der Waals surface area contributed by atoms with E-state index in [1.165, 1.54) is 0 Å². The van der Waals surface area contributed by atoms with Crippen LogP contribution >= 0.6 is 0 Å². The fraction of sp³-hybridized carbons (Fsp3) is 0.583. The molecule has 0 aliphatic heterocycles. The van der Waals surface area contributed by atoms with Crippen molar-refractivity contribution in [2.24, 2.45) is 0 Å². The summed E-state index contributed by atoms with van der Waals surface area (Å²) in [5, 5.41) is 36.3. The van der Waals surface area contributed by atoms with Crippen LogP contribution in [0.2, 0.25) is 0 Å². The highest BCUT2D eigenvalue weighted by molar-refractivity contribution is 5.84. The number of ether oxygens (including phenoxy) is 2. The normalized spacial score (nSPS) is 15.5. The van der Waals surface area contributed by atoms with E-state index >= 15 is 0 Å². The minimum absolute atomic E-state index is 0.398. The number of carbonyl (C=O) groups excluding carboxylic acids is 4. The maximum absolute atomic E-state index is 12.7. The summed E-state index contributed by atoms with van der Waals surface area (Å²) in [6.07, 6.45) is -40.5. The highest BCUT2D eigenvalue weighted by Gasteiger charge is 2.46. The Morgan fingerprint density at radius 3 is 1.00 bits per heavy atom. The molecule has 4 N–H and O–H groups in total. The lowest BCUT2D eigenvalue weighted by molar-refractivity contribution is -0.220. The van der Waals surface area contributed by atoms with Crippen LogP contribution in [0.3, 0.4) is 0 Å². The van der Waals surface area contributed by atoms with Crippen LogP contribution in [0.1, 0.15) is 35.1 Å². The van der Waals surface area contributed by atoms with Gasteiger partial charge >= 0.3 is 36.6 Å². The number of ketones is 2. The molecule has 0 heterocycles. The second-order valence-corrected chi connectivity index (χ2v) is 9.31. The van der Waals surface area contributed by atoms with E-state index in [-0.39, 0.29) is 0 Å². The number of rotatable bonds is 14. The summed E-state index contributed by atoms with van der Waals surface area (Å²) < 4.78 is 161. The first-order valence-corrected chi connectivity index (χ1v) is 12.2. The lowest BCUT2D eigenvalue weighted by Crippen LogP contribution is -2.38. The van der Waals surface area contributed by atoms with Crippen LogP contribution in [0.25, 0.3) is 0 Å². The van der Waals surface area contributed by atoms with Gasteiger partial charge in [0.25, 0.3) is 0 Å². The number of halogens is 12. The van der Waals surface area contributed by atoms with Gasteiger partial charge in [-0.25, -0.2) is 9.59 Å². The Balaban J connectivity index is 3.58. The van der Waals surface area contributed by atoms with Crippen molar-refractivity contribution in [1.29, 1.82) is 0 Å². The van der Waals surface area contributed by atoms with Crippen LogP contribution in [-0.2, 0) is 54.7 Å². The van der Waals surface area contributed by atoms with Crippen molar-refractivity contribution in [1.82, 2.24) is 0 Å². The van der Waals surface area contributed by atoms with Gasteiger partial charge in [-0.3, -0.25) is 9.59 Å². The molecule has 262 valence electrons. The second kappa shape index (κ2) is 15.4. The van der Waals surface area contributed by atoms with Gasteiger partial charge in [0.05, 0.1) is 0 Å². The van der Waals surface area contributed by atoms with E-state index < -0.39 is 134 Å². The monoisotopic (exact) mass is 698 g/mol. The average Bonchev–Trinajstić information content (AvgIpc) is 2.92. The van der Waals surface area contributed by atoms with Gasteiger partial charge in [0.15, 0.2) is 11.6 Å². The van der Waals surface area contributed by atoms with E-state index in [0.29, 0.717) is 12.1 Å². The highest BCUT2D eigenvalue weighted by atomic mass is 19.4. The summed E-state index contributed by atoms with van der Waals surface area (Å²) in [4.78, 5) is 46.9. The largest absolute Gasteiger partial charge is 0.459 e. The smallest absolute Gasteiger partial charge is 0.425 e. The SMILES string of the molecule is O=C(CCc1cc(COC(=O)[C@H](O)C(F)(F)F)c(COC(=O)[C@H](O)C(F)(F)F)cc1CCC(=O)[C@H](O)C(F)(F)F)[C@H](O)C(F)(F)F. The third kappa shape index (κ3) is 12.0.